The van der Waals surface area contributed by atoms with Gasteiger partial charge in [0.25, 0.3) is 10.0 Å². The smallest absolute Gasteiger partial charge is 0.262 e. The molecule has 0 unspecified atom stereocenters. The number of rotatable bonds is 4. The minimum atomic E-state index is -3.82. The lowest BCUT2D eigenvalue weighted by Gasteiger charge is -2.11. The van der Waals surface area contributed by atoms with E-state index in [4.69, 9.17) is 23.2 Å². The Morgan fingerprint density at radius 3 is 2.55 bits per heavy atom. The molecule has 8 heteroatoms. The predicted molar refractivity (Wildman–Crippen MR) is 78.7 cm³/mol. The van der Waals surface area contributed by atoms with Gasteiger partial charge in [-0.15, -0.1) is 10.2 Å². The zero-order valence-electron chi connectivity index (χ0n) is 10.5. The van der Waals surface area contributed by atoms with Crippen LogP contribution in [0.5, 0.6) is 0 Å². The summed E-state index contributed by atoms with van der Waals surface area (Å²) in [6.07, 6.45) is 0.565. The number of sulfonamides is 1. The van der Waals surface area contributed by atoms with E-state index in [9.17, 15) is 8.42 Å². The third kappa shape index (κ3) is 3.20. The maximum absolute atomic E-state index is 12.3. The van der Waals surface area contributed by atoms with Crippen LogP contribution in [-0.4, -0.2) is 18.6 Å². The van der Waals surface area contributed by atoms with Crippen LogP contribution in [-0.2, 0) is 16.4 Å². The zero-order chi connectivity index (χ0) is 14.8. The molecule has 0 bridgehead atoms. The number of benzene rings is 1. The molecule has 2 rings (SSSR count). The Kier molecular flexibility index (Phi) is 4.47. The molecule has 1 N–H and O–H groups in total. The van der Waals surface area contributed by atoms with Gasteiger partial charge in [-0.3, -0.25) is 4.72 Å². The van der Waals surface area contributed by atoms with E-state index < -0.39 is 10.0 Å². The number of aryl methyl sites for hydroxylation is 1. The summed E-state index contributed by atoms with van der Waals surface area (Å²) in [5.41, 5.74) is 0.653. The summed E-state index contributed by atoms with van der Waals surface area (Å²) in [4.78, 5) is -0.0135. The van der Waals surface area contributed by atoms with Gasteiger partial charge in [0.05, 0.1) is 5.02 Å². The number of hydrogen-bond donors (Lipinski definition) is 1. The molecule has 0 radical (unpaired) electrons. The van der Waals surface area contributed by atoms with E-state index in [1.165, 1.54) is 12.1 Å². The van der Waals surface area contributed by atoms with Crippen LogP contribution in [0.15, 0.2) is 35.2 Å². The minimum absolute atomic E-state index is 0.0135. The highest BCUT2D eigenvalue weighted by atomic mass is 35.5. The first-order valence-electron chi connectivity index (χ1n) is 5.73. The molecule has 0 saturated heterocycles. The maximum atomic E-state index is 12.3. The maximum Gasteiger partial charge on any atom is 0.264 e. The fraction of sp³-hybridized carbons (Fsp3) is 0.167. The lowest BCUT2D eigenvalue weighted by Crippen LogP contribution is -2.16. The van der Waals surface area contributed by atoms with E-state index in [1.807, 2.05) is 6.92 Å². The van der Waals surface area contributed by atoms with Gasteiger partial charge in [0.15, 0.2) is 11.0 Å². The predicted octanol–water partition coefficient (Wildman–Crippen LogP) is 3.15. The van der Waals surface area contributed by atoms with Crippen LogP contribution in [0.3, 0.4) is 0 Å². The summed E-state index contributed by atoms with van der Waals surface area (Å²) >= 11 is 11.6. The van der Waals surface area contributed by atoms with Gasteiger partial charge in [-0.25, -0.2) is 8.42 Å². The van der Waals surface area contributed by atoms with Crippen molar-refractivity contribution in [1.29, 1.82) is 0 Å². The summed E-state index contributed by atoms with van der Waals surface area (Å²) in [6.45, 7) is 1.86. The second kappa shape index (κ2) is 5.95. The number of halogens is 2. The Hall–Kier alpha value is -1.37. The molecular formula is C12H11Cl2N3O2S. The third-order valence-corrected chi connectivity index (χ3v) is 4.60. The molecular weight excluding hydrogens is 321 g/mol. The molecule has 0 aliphatic heterocycles. The lowest BCUT2D eigenvalue weighted by molar-refractivity contribution is 0.601. The first-order chi connectivity index (χ1) is 9.44. The highest BCUT2D eigenvalue weighted by Gasteiger charge is 2.19. The van der Waals surface area contributed by atoms with Crippen LogP contribution in [0.25, 0.3) is 0 Å². The van der Waals surface area contributed by atoms with E-state index in [1.54, 1.807) is 18.2 Å². The van der Waals surface area contributed by atoms with Gasteiger partial charge in [0.2, 0.25) is 0 Å². The molecule has 0 aliphatic rings. The Labute approximate surface area is 127 Å². The molecule has 0 spiro atoms. The molecule has 0 atom stereocenters. The van der Waals surface area contributed by atoms with Crippen LogP contribution in [0.1, 0.15) is 12.5 Å². The molecule has 1 aromatic carbocycles. The van der Waals surface area contributed by atoms with E-state index >= 15 is 0 Å². The average Bonchev–Trinajstić information content (AvgIpc) is 2.41. The largest absolute Gasteiger partial charge is 0.264 e. The van der Waals surface area contributed by atoms with Crippen molar-refractivity contribution in [1.82, 2.24) is 10.2 Å². The van der Waals surface area contributed by atoms with Crippen molar-refractivity contribution in [3.8, 4) is 0 Å². The third-order valence-electron chi connectivity index (χ3n) is 2.58. The quantitative estimate of drug-likeness (QED) is 0.934. The number of nitrogens with zero attached hydrogens (tertiary/aromatic N) is 2. The van der Waals surface area contributed by atoms with E-state index in [0.29, 0.717) is 12.0 Å². The van der Waals surface area contributed by atoms with Crippen molar-refractivity contribution in [2.75, 3.05) is 4.72 Å². The molecule has 1 heterocycles. The van der Waals surface area contributed by atoms with Gasteiger partial charge < -0.3 is 0 Å². The second-order valence-electron chi connectivity index (χ2n) is 3.93. The monoisotopic (exact) mass is 331 g/mol. The highest BCUT2D eigenvalue weighted by Crippen LogP contribution is 2.24. The lowest BCUT2D eigenvalue weighted by atomic mass is 10.2. The number of nitrogens with one attached hydrogen (secondary N) is 1. The molecule has 1 aromatic heterocycles. The Bertz CT molecular complexity index is 735. The van der Waals surface area contributed by atoms with Gasteiger partial charge in [-0.2, -0.15) is 0 Å². The topological polar surface area (TPSA) is 72.0 Å². The summed E-state index contributed by atoms with van der Waals surface area (Å²) in [7, 11) is -3.82. The molecule has 0 fully saturated rings. The Morgan fingerprint density at radius 2 is 1.90 bits per heavy atom. The van der Waals surface area contributed by atoms with Crippen molar-refractivity contribution in [3.63, 3.8) is 0 Å². The summed E-state index contributed by atoms with van der Waals surface area (Å²) in [5, 5.41) is 7.77. The van der Waals surface area contributed by atoms with E-state index in [2.05, 4.69) is 14.9 Å². The van der Waals surface area contributed by atoms with Crippen molar-refractivity contribution in [3.05, 3.63) is 46.1 Å². The minimum Gasteiger partial charge on any atom is -0.262 e. The summed E-state index contributed by atoms with van der Waals surface area (Å²) in [6, 6.07) is 7.73. The standard InChI is InChI=1S/C12H11Cl2N3O2S/c1-2-8-7-11(14)15-16-12(8)17-20(18,19)10-6-4-3-5-9(10)13/h3-7H,2H2,1H3,(H,16,17). The van der Waals surface area contributed by atoms with Gasteiger partial charge >= 0.3 is 0 Å². The van der Waals surface area contributed by atoms with Crippen molar-refractivity contribution in [2.24, 2.45) is 0 Å². The highest BCUT2D eigenvalue weighted by molar-refractivity contribution is 7.92. The fourth-order valence-electron chi connectivity index (χ4n) is 1.60. The van der Waals surface area contributed by atoms with Crippen LogP contribution in [0.2, 0.25) is 10.2 Å². The van der Waals surface area contributed by atoms with Crippen molar-refractivity contribution in [2.45, 2.75) is 18.2 Å². The molecule has 106 valence electrons. The van der Waals surface area contributed by atoms with E-state index in [-0.39, 0.29) is 20.9 Å². The van der Waals surface area contributed by atoms with Crippen molar-refractivity contribution >= 4 is 39.0 Å². The van der Waals surface area contributed by atoms with Crippen LogP contribution >= 0.6 is 23.2 Å². The molecule has 0 aliphatic carbocycles. The van der Waals surface area contributed by atoms with Gasteiger partial charge in [0.1, 0.15) is 4.90 Å². The van der Waals surface area contributed by atoms with Crippen LogP contribution in [0.4, 0.5) is 5.82 Å². The van der Waals surface area contributed by atoms with Crippen LogP contribution < -0.4 is 4.72 Å². The number of aromatic nitrogens is 2. The normalized spacial score (nSPS) is 11.3. The van der Waals surface area contributed by atoms with Gasteiger partial charge in [-0.1, -0.05) is 42.3 Å². The molecule has 0 saturated carbocycles. The number of hydrogen-bond acceptors (Lipinski definition) is 4. The summed E-state index contributed by atoms with van der Waals surface area (Å²) in [5.74, 6) is 0.150. The molecule has 20 heavy (non-hydrogen) atoms. The average molecular weight is 332 g/mol. The summed E-state index contributed by atoms with van der Waals surface area (Å²) < 4.78 is 26.9. The van der Waals surface area contributed by atoms with Gasteiger partial charge in [0, 0.05) is 5.56 Å². The fourth-order valence-corrected chi connectivity index (χ4v) is 3.33. The van der Waals surface area contributed by atoms with Crippen LogP contribution in [0, 0.1) is 0 Å². The second-order valence-corrected chi connectivity index (χ2v) is 6.38. The first kappa shape index (κ1) is 15.0. The Morgan fingerprint density at radius 1 is 1.20 bits per heavy atom. The SMILES string of the molecule is CCc1cc(Cl)nnc1NS(=O)(=O)c1ccccc1Cl. The first-order valence-corrected chi connectivity index (χ1v) is 7.97. The van der Waals surface area contributed by atoms with Crippen molar-refractivity contribution < 1.29 is 8.42 Å². The number of anilines is 1. The van der Waals surface area contributed by atoms with E-state index in [0.717, 1.165) is 0 Å². The Balaban J connectivity index is 2.41. The molecule has 5 nitrogen and oxygen atoms in total. The molecule has 2 aromatic rings. The zero-order valence-corrected chi connectivity index (χ0v) is 12.8. The molecule has 0 amide bonds. The van der Waals surface area contributed by atoms with Gasteiger partial charge in [-0.05, 0) is 24.6 Å².